The third-order valence-electron chi connectivity index (χ3n) is 3.76. The maximum Gasteiger partial charge on any atom is 0.120 e. The summed E-state index contributed by atoms with van der Waals surface area (Å²) in [5.41, 5.74) is 1.20. The number of nitrogens with zero attached hydrogens (tertiary/aromatic N) is 1. The Kier molecular flexibility index (Phi) is 6.71. The van der Waals surface area contributed by atoms with Crippen molar-refractivity contribution in [2.24, 2.45) is 5.92 Å². The molecule has 1 aromatic rings. The molecule has 0 aromatic heterocycles. The standard InChI is InChI=1S/C16H28N2O/c1-6-13(3)16(17-7-2)12-18(4)14-9-8-10-15(11-14)19-5/h8-11,13,16-17H,6-7,12H2,1-5H3. The molecule has 19 heavy (non-hydrogen) atoms. The van der Waals surface area contributed by atoms with Crippen molar-refractivity contribution in [3.05, 3.63) is 24.3 Å². The molecule has 1 aromatic carbocycles. The fraction of sp³-hybridized carbons (Fsp3) is 0.625. The lowest BCUT2D eigenvalue weighted by Crippen LogP contribution is -2.43. The summed E-state index contributed by atoms with van der Waals surface area (Å²) in [7, 11) is 3.85. The number of nitrogens with one attached hydrogen (secondary N) is 1. The first-order chi connectivity index (χ1) is 9.12. The molecule has 0 heterocycles. The Bertz CT molecular complexity index is 368. The zero-order valence-electron chi connectivity index (χ0n) is 12.9. The number of hydrogen-bond donors (Lipinski definition) is 1. The van der Waals surface area contributed by atoms with Crippen molar-refractivity contribution in [2.75, 3.05) is 32.1 Å². The van der Waals surface area contributed by atoms with Crippen molar-refractivity contribution in [1.29, 1.82) is 0 Å². The number of hydrogen-bond acceptors (Lipinski definition) is 3. The molecule has 0 fully saturated rings. The van der Waals surface area contributed by atoms with Gasteiger partial charge in [-0.25, -0.2) is 0 Å². The molecule has 3 nitrogen and oxygen atoms in total. The zero-order valence-corrected chi connectivity index (χ0v) is 12.9. The fourth-order valence-corrected chi connectivity index (χ4v) is 2.24. The van der Waals surface area contributed by atoms with Crippen molar-refractivity contribution in [3.8, 4) is 5.75 Å². The van der Waals surface area contributed by atoms with Crippen LogP contribution in [0, 0.1) is 5.92 Å². The molecular formula is C16H28N2O. The van der Waals surface area contributed by atoms with Crippen LogP contribution in [0.25, 0.3) is 0 Å². The molecular weight excluding hydrogens is 236 g/mol. The Balaban J connectivity index is 2.72. The fourth-order valence-electron chi connectivity index (χ4n) is 2.24. The van der Waals surface area contributed by atoms with Gasteiger partial charge >= 0.3 is 0 Å². The summed E-state index contributed by atoms with van der Waals surface area (Å²) in [5.74, 6) is 1.58. The van der Waals surface area contributed by atoms with Crippen LogP contribution in [0.1, 0.15) is 27.2 Å². The Labute approximate surface area is 118 Å². The molecule has 1 rings (SSSR count). The van der Waals surface area contributed by atoms with Crippen molar-refractivity contribution in [1.82, 2.24) is 5.32 Å². The van der Waals surface area contributed by atoms with Crippen LogP contribution in [0.3, 0.4) is 0 Å². The Morgan fingerprint density at radius 3 is 2.63 bits per heavy atom. The first kappa shape index (κ1) is 15.8. The molecule has 108 valence electrons. The van der Waals surface area contributed by atoms with Gasteiger partial charge in [-0.1, -0.05) is 33.3 Å². The third-order valence-corrected chi connectivity index (χ3v) is 3.76. The van der Waals surface area contributed by atoms with E-state index in [0.717, 1.165) is 18.8 Å². The van der Waals surface area contributed by atoms with Crippen LogP contribution in [-0.2, 0) is 0 Å². The second-order valence-corrected chi connectivity index (χ2v) is 5.13. The van der Waals surface area contributed by atoms with E-state index in [1.54, 1.807) is 7.11 Å². The van der Waals surface area contributed by atoms with Gasteiger partial charge in [-0.15, -0.1) is 0 Å². The highest BCUT2D eigenvalue weighted by Gasteiger charge is 2.17. The van der Waals surface area contributed by atoms with E-state index in [0.29, 0.717) is 12.0 Å². The second kappa shape index (κ2) is 8.05. The molecule has 0 radical (unpaired) electrons. The SMILES string of the molecule is CCNC(CN(C)c1cccc(OC)c1)C(C)CC. The topological polar surface area (TPSA) is 24.5 Å². The summed E-state index contributed by atoms with van der Waals surface area (Å²) in [6, 6.07) is 8.75. The largest absolute Gasteiger partial charge is 0.497 e. The number of methoxy groups -OCH3 is 1. The van der Waals surface area contributed by atoms with Gasteiger partial charge in [-0.2, -0.15) is 0 Å². The van der Waals surface area contributed by atoms with E-state index in [4.69, 9.17) is 4.74 Å². The van der Waals surface area contributed by atoms with Gasteiger partial charge < -0.3 is 15.0 Å². The molecule has 1 N–H and O–H groups in total. The molecule has 0 saturated heterocycles. The second-order valence-electron chi connectivity index (χ2n) is 5.13. The van der Waals surface area contributed by atoms with E-state index in [2.05, 4.69) is 50.2 Å². The summed E-state index contributed by atoms with van der Waals surface area (Å²) < 4.78 is 5.28. The highest BCUT2D eigenvalue weighted by atomic mass is 16.5. The normalized spacial score (nSPS) is 13.9. The lowest BCUT2D eigenvalue weighted by molar-refractivity contribution is 0.375. The minimum absolute atomic E-state index is 0.520. The lowest BCUT2D eigenvalue weighted by Gasteiger charge is -2.30. The van der Waals surface area contributed by atoms with Crippen molar-refractivity contribution >= 4 is 5.69 Å². The van der Waals surface area contributed by atoms with E-state index in [-0.39, 0.29) is 0 Å². The monoisotopic (exact) mass is 264 g/mol. The average molecular weight is 264 g/mol. The molecule has 0 amide bonds. The van der Waals surface area contributed by atoms with Gasteiger partial charge in [0.05, 0.1) is 7.11 Å². The van der Waals surface area contributed by atoms with Crippen LogP contribution in [0.15, 0.2) is 24.3 Å². The Morgan fingerprint density at radius 1 is 1.32 bits per heavy atom. The Hall–Kier alpha value is -1.22. The van der Waals surface area contributed by atoms with Gasteiger partial charge in [0, 0.05) is 31.4 Å². The van der Waals surface area contributed by atoms with Crippen molar-refractivity contribution < 1.29 is 4.74 Å². The van der Waals surface area contributed by atoms with E-state index < -0.39 is 0 Å². The lowest BCUT2D eigenvalue weighted by atomic mass is 9.98. The van der Waals surface area contributed by atoms with Crippen LogP contribution in [0.5, 0.6) is 5.75 Å². The molecule has 0 bridgehead atoms. The van der Waals surface area contributed by atoms with E-state index >= 15 is 0 Å². The first-order valence-electron chi connectivity index (χ1n) is 7.20. The Morgan fingerprint density at radius 2 is 2.05 bits per heavy atom. The summed E-state index contributed by atoms with van der Waals surface area (Å²) in [5, 5.41) is 3.59. The molecule has 0 aliphatic heterocycles. The number of likely N-dealkylation sites (N-methyl/N-ethyl adjacent to an activating group) is 2. The highest BCUT2D eigenvalue weighted by molar-refractivity contribution is 5.50. The van der Waals surface area contributed by atoms with Crippen LogP contribution < -0.4 is 15.0 Å². The quantitative estimate of drug-likeness (QED) is 0.780. The van der Waals surface area contributed by atoms with E-state index in [9.17, 15) is 0 Å². The number of anilines is 1. The van der Waals surface area contributed by atoms with Gasteiger partial charge in [-0.3, -0.25) is 0 Å². The van der Waals surface area contributed by atoms with Gasteiger partial charge in [-0.05, 0) is 24.6 Å². The van der Waals surface area contributed by atoms with Crippen LogP contribution in [0.4, 0.5) is 5.69 Å². The maximum absolute atomic E-state index is 5.28. The molecule has 0 aliphatic carbocycles. The average Bonchev–Trinajstić information content (AvgIpc) is 2.45. The first-order valence-corrected chi connectivity index (χ1v) is 7.20. The third kappa shape index (κ3) is 4.75. The molecule has 0 spiro atoms. The number of benzene rings is 1. The van der Waals surface area contributed by atoms with E-state index in [1.165, 1.54) is 12.1 Å². The maximum atomic E-state index is 5.28. The van der Waals surface area contributed by atoms with Gasteiger partial charge in [0.2, 0.25) is 0 Å². The molecule has 2 unspecified atom stereocenters. The van der Waals surface area contributed by atoms with Crippen molar-refractivity contribution in [3.63, 3.8) is 0 Å². The summed E-state index contributed by atoms with van der Waals surface area (Å²) in [6.07, 6.45) is 1.20. The van der Waals surface area contributed by atoms with Crippen LogP contribution in [-0.4, -0.2) is 33.3 Å². The summed E-state index contributed by atoms with van der Waals surface area (Å²) in [6.45, 7) is 8.76. The highest BCUT2D eigenvalue weighted by Crippen LogP contribution is 2.21. The van der Waals surface area contributed by atoms with Crippen LogP contribution >= 0.6 is 0 Å². The number of ether oxygens (including phenoxy) is 1. The molecule has 0 saturated carbocycles. The summed E-state index contributed by atoms with van der Waals surface area (Å²) in [4.78, 5) is 2.29. The van der Waals surface area contributed by atoms with Gasteiger partial charge in [0.1, 0.15) is 5.75 Å². The summed E-state index contributed by atoms with van der Waals surface area (Å²) >= 11 is 0. The van der Waals surface area contributed by atoms with Crippen LogP contribution in [0.2, 0.25) is 0 Å². The van der Waals surface area contributed by atoms with Gasteiger partial charge in [0.15, 0.2) is 0 Å². The molecule has 2 atom stereocenters. The smallest absolute Gasteiger partial charge is 0.120 e. The molecule has 3 heteroatoms. The molecule has 0 aliphatic rings. The van der Waals surface area contributed by atoms with E-state index in [1.807, 2.05) is 12.1 Å². The van der Waals surface area contributed by atoms with Gasteiger partial charge in [0.25, 0.3) is 0 Å². The number of rotatable bonds is 8. The zero-order chi connectivity index (χ0) is 14.3. The minimum atomic E-state index is 0.520. The predicted molar refractivity (Wildman–Crippen MR) is 83.2 cm³/mol. The predicted octanol–water partition coefficient (Wildman–Crippen LogP) is 3.16. The minimum Gasteiger partial charge on any atom is -0.497 e. The van der Waals surface area contributed by atoms with Crippen molar-refractivity contribution in [2.45, 2.75) is 33.2 Å².